The standard InChI is InChI=1S/C28H35N7O2S/c1-19(29)22-11-7-10-21(16-22)18-25(36)32-24(31)15-14-23(30)12-5-6-13-27-34-35-28(38-27)33-26(37)17-20-8-3-2-4-9-20/h2-4,7-11,16,19,30H,5-6,12-15,17-18,29H2,1H3,(H2,31,32,36)(H,33,35,37). The van der Waals surface area contributed by atoms with Gasteiger partial charge in [-0.25, -0.2) is 4.99 Å². The van der Waals surface area contributed by atoms with Gasteiger partial charge in [0.25, 0.3) is 5.91 Å². The highest BCUT2D eigenvalue weighted by Gasteiger charge is 2.10. The summed E-state index contributed by atoms with van der Waals surface area (Å²) in [6.45, 7) is 1.90. The van der Waals surface area contributed by atoms with Crippen molar-refractivity contribution in [1.82, 2.24) is 10.2 Å². The Kier molecular flexibility index (Phi) is 11.3. The molecule has 0 aliphatic rings. The fraction of sp³-hybridized carbons (Fsp3) is 0.357. The summed E-state index contributed by atoms with van der Waals surface area (Å²) in [5.41, 5.74) is 15.2. The second kappa shape index (κ2) is 14.8. The van der Waals surface area contributed by atoms with Crippen molar-refractivity contribution in [3.05, 3.63) is 76.3 Å². The summed E-state index contributed by atoms with van der Waals surface area (Å²) in [6.07, 6.45) is 4.39. The zero-order valence-corrected chi connectivity index (χ0v) is 22.5. The van der Waals surface area contributed by atoms with E-state index in [-0.39, 0.29) is 30.1 Å². The molecule has 3 aromatic rings. The first-order chi connectivity index (χ1) is 18.3. The molecule has 1 heterocycles. The smallest absolute Gasteiger partial charge is 0.251 e. The number of amides is 2. The van der Waals surface area contributed by atoms with Crippen molar-refractivity contribution in [2.75, 3.05) is 5.32 Å². The number of aromatic nitrogens is 2. The largest absolute Gasteiger partial charge is 0.387 e. The van der Waals surface area contributed by atoms with Gasteiger partial charge in [-0.3, -0.25) is 9.59 Å². The molecule has 0 bridgehead atoms. The van der Waals surface area contributed by atoms with Gasteiger partial charge in [0.2, 0.25) is 11.0 Å². The number of nitrogens with zero attached hydrogens (tertiary/aromatic N) is 3. The van der Waals surface area contributed by atoms with Crippen LogP contribution in [0.5, 0.6) is 0 Å². The third-order valence-electron chi connectivity index (χ3n) is 5.82. The van der Waals surface area contributed by atoms with Gasteiger partial charge in [0.15, 0.2) is 0 Å². The molecule has 9 nitrogen and oxygen atoms in total. The van der Waals surface area contributed by atoms with Gasteiger partial charge in [0.1, 0.15) is 10.8 Å². The van der Waals surface area contributed by atoms with Crippen molar-refractivity contribution < 1.29 is 9.59 Å². The molecule has 3 rings (SSSR count). The molecule has 0 aliphatic heterocycles. The number of carbonyl (C=O) groups excluding carboxylic acids is 2. The zero-order chi connectivity index (χ0) is 27.3. The molecule has 0 fully saturated rings. The van der Waals surface area contributed by atoms with Gasteiger partial charge < -0.3 is 22.2 Å². The van der Waals surface area contributed by atoms with Crippen LogP contribution in [0.25, 0.3) is 0 Å². The fourth-order valence-corrected chi connectivity index (χ4v) is 4.58. The van der Waals surface area contributed by atoms with E-state index in [1.807, 2.05) is 61.5 Å². The number of anilines is 1. The third kappa shape index (κ3) is 10.3. The number of benzene rings is 2. The Hall–Kier alpha value is -3.76. The van der Waals surface area contributed by atoms with Gasteiger partial charge in [-0.1, -0.05) is 65.9 Å². The van der Waals surface area contributed by atoms with Crippen LogP contribution in [0.4, 0.5) is 5.13 Å². The second-order valence-electron chi connectivity index (χ2n) is 9.23. The number of unbranched alkanes of at least 4 members (excludes halogenated alkanes) is 1. The van der Waals surface area contributed by atoms with Gasteiger partial charge in [-0.15, -0.1) is 10.2 Å². The summed E-state index contributed by atoms with van der Waals surface area (Å²) in [5, 5.41) is 20.5. The molecule has 0 radical (unpaired) electrons. The normalized spacial score (nSPS) is 12.2. The summed E-state index contributed by atoms with van der Waals surface area (Å²) in [6, 6.07) is 17.0. The minimum Gasteiger partial charge on any atom is -0.387 e. The van der Waals surface area contributed by atoms with E-state index in [2.05, 4.69) is 20.5 Å². The lowest BCUT2D eigenvalue weighted by molar-refractivity contribution is -0.117. The molecule has 1 unspecified atom stereocenters. The van der Waals surface area contributed by atoms with E-state index in [0.717, 1.165) is 41.0 Å². The lowest BCUT2D eigenvalue weighted by Crippen LogP contribution is -2.16. The topological polar surface area (TPSA) is 160 Å². The predicted molar refractivity (Wildman–Crippen MR) is 153 cm³/mol. The molecular formula is C28H35N7O2S. The maximum absolute atomic E-state index is 12.3. The molecule has 0 saturated carbocycles. The quantitative estimate of drug-likeness (QED) is 0.137. The first-order valence-corrected chi connectivity index (χ1v) is 13.5. The summed E-state index contributed by atoms with van der Waals surface area (Å²) in [4.78, 5) is 28.4. The lowest BCUT2D eigenvalue weighted by Gasteiger charge is -2.07. The molecule has 200 valence electrons. The fourth-order valence-electron chi connectivity index (χ4n) is 3.78. The van der Waals surface area contributed by atoms with E-state index >= 15 is 0 Å². The number of aryl methyl sites for hydroxylation is 1. The number of carbonyl (C=O) groups is 2. The molecule has 2 aromatic carbocycles. The van der Waals surface area contributed by atoms with Crippen LogP contribution in [-0.2, 0) is 28.9 Å². The highest BCUT2D eigenvalue weighted by molar-refractivity contribution is 7.15. The highest BCUT2D eigenvalue weighted by Crippen LogP contribution is 2.18. The Balaban J connectivity index is 1.31. The minimum atomic E-state index is -0.302. The molecule has 38 heavy (non-hydrogen) atoms. The molecule has 6 N–H and O–H groups in total. The van der Waals surface area contributed by atoms with Crippen LogP contribution in [-0.4, -0.2) is 33.6 Å². The van der Waals surface area contributed by atoms with Crippen LogP contribution in [0.1, 0.15) is 66.8 Å². The first kappa shape index (κ1) is 28.8. The molecular weight excluding hydrogens is 498 g/mol. The zero-order valence-electron chi connectivity index (χ0n) is 21.7. The summed E-state index contributed by atoms with van der Waals surface area (Å²) >= 11 is 1.37. The van der Waals surface area contributed by atoms with Crippen molar-refractivity contribution in [2.24, 2.45) is 16.5 Å². The van der Waals surface area contributed by atoms with Crippen LogP contribution in [0.2, 0.25) is 0 Å². The van der Waals surface area contributed by atoms with E-state index < -0.39 is 0 Å². The van der Waals surface area contributed by atoms with Gasteiger partial charge in [0, 0.05) is 24.6 Å². The number of aliphatic imine (C=N–C) groups is 1. The van der Waals surface area contributed by atoms with E-state index in [4.69, 9.17) is 16.9 Å². The van der Waals surface area contributed by atoms with E-state index in [9.17, 15) is 9.59 Å². The monoisotopic (exact) mass is 533 g/mol. The maximum atomic E-state index is 12.3. The Labute approximate surface area is 227 Å². The van der Waals surface area contributed by atoms with Gasteiger partial charge in [0.05, 0.1) is 12.8 Å². The highest BCUT2D eigenvalue weighted by atomic mass is 32.1. The average Bonchev–Trinajstić information content (AvgIpc) is 3.32. The van der Waals surface area contributed by atoms with E-state index in [1.54, 1.807) is 0 Å². The number of nitrogens with two attached hydrogens (primary N) is 2. The van der Waals surface area contributed by atoms with Gasteiger partial charge >= 0.3 is 0 Å². The Morgan fingerprint density at radius 1 is 1.00 bits per heavy atom. The molecule has 10 heteroatoms. The van der Waals surface area contributed by atoms with Crippen molar-refractivity contribution >= 4 is 39.8 Å². The van der Waals surface area contributed by atoms with Crippen LogP contribution >= 0.6 is 11.3 Å². The molecule has 2 amide bonds. The van der Waals surface area contributed by atoms with Crippen molar-refractivity contribution in [1.29, 1.82) is 5.41 Å². The first-order valence-electron chi connectivity index (χ1n) is 12.7. The molecule has 1 aromatic heterocycles. The maximum Gasteiger partial charge on any atom is 0.251 e. The van der Waals surface area contributed by atoms with Crippen molar-refractivity contribution in [3.8, 4) is 0 Å². The van der Waals surface area contributed by atoms with Crippen LogP contribution in [0, 0.1) is 5.41 Å². The Bertz CT molecular complexity index is 1250. The Morgan fingerprint density at radius 2 is 1.76 bits per heavy atom. The van der Waals surface area contributed by atoms with Crippen LogP contribution in [0.3, 0.4) is 0 Å². The number of nitrogens with one attached hydrogen (secondary N) is 2. The summed E-state index contributed by atoms with van der Waals surface area (Å²) < 4.78 is 0. The Morgan fingerprint density at radius 3 is 2.53 bits per heavy atom. The number of rotatable bonds is 14. The number of hydrogen-bond donors (Lipinski definition) is 4. The predicted octanol–water partition coefficient (Wildman–Crippen LogP) is 4.38. The third-order valence-corrected chi connectivity index (χ3v) is 6.72. The van der Waals surface area contributed by atoms with Crippen LogP contribution < -0.4 is 16.8 Å². The number of hydrogen-bond acceptors (Lipinski definition) is 7. The van der Waals surface area contributed by atoms with Crippen LogP contribution in [0.15, 0.2) is 59.6 Å². The van der Waals surface area contributed by atoms with Gasteiger partial charge in [-0.2, -0.15) is 0 Å². The minimum absolute atomic E-state index is 0.0989. The molecule has 0 spiro atoms. The van der Waals surface area contributed by atoms with Crippen molar-refractivity contribution in [3.63, 3.8) is 0 Å². The second-order valence-corrected chi connectivity index (χ2v) is 10.3. The molecule has 0 aliphatic carbocycles. The summed E-state index contributed by atoms with van der Waals surface area (Å²) in [5.74, 6) is -0.172. The lowest BCUT2D eigenvalue weighted by atomic mass is 10.0. The summed E-state index contributed by atoms with van der Waals surface area (Å²) in [7, 11) is 0. The van der Waals surface area contributed by atoms with E-state index in [0.29, 0.717) is 36.5 Å². The average molecular weight is 534 g/mol. The van der Waals surface area contributed by atoms with Crippen molar-refractivity contribution in [2.45, 2.75) is 64.3 Å². The van der Waals surface area contributed by atoms with E-state index in [1.165, 1.54) is 11.3 Å². The molecule has 1 atom stereocenters. The SMILES string of the molecule is CC(N)c1cccc(CC(=O)N=C(N)CCC(=N)CCCCc2nnc(NC(=O)Cc3ccccc3)s2)c1. The molecule has 0 saturated heterocycles. The number of amidine groups is 1. The van der Waals surface area contributed by atoms with Gasteiger partial charge in [-0.05, 0) is 49.3 Å².